The molecule has 0 saturated heterocycles. The highest BCUT2D eigenvalue weighted by Crippen LogP contribution is 2.08. The van der Waals surface area contributed by atoms with Crippen LogP contribution in [0.3, 0.4) is 0 Å². The van der Waals surface area contributed by atoms with E-state index in [2.05, 4.69) is 31.4 Å². The molecule has 3 N–H and O–H groups in total. The summed E-state index contributed by atoms with van der Waals surface area (Å²) in [4.78, 5) is 0. The molecular weight excluding hydrogens is 212 g/mol. The first kappa shape index (κ1) is 16.9. The van der Waals surface area contributed by atoms with E-state index in [-0.39, 0.29) is 6.61 Å². The Morgan fingerprint density at radius 1 is 0.824 bits per heavy atom. The van der Waals surface area contributed by atoms with E-state index >= 15 is 0 Å². The van der Waals surface area contributed by atoms with Gasteiger partial charge in [-0.25, -0.2) is 0 Å². The van der Waals surface area contributed by atoms with Crippen molar-refractivity contribution in [3.8, 4) is 0 Å². The monoisotopic (exact) mass is 244 g/mol. The van der Waals surface area contributed by atoms with Crippen molar-refractivity contribution in [1.29, 1.82) is 0 Å². The Morgan fingerprint density at radius 3 is 2.12 bits per heavy atom. The van der Waals surface area contributed by atoms with Crippen molar-refractivity contribution >= 4 is 0 Å². The largest absolute Gasteiger partial charge is 0.395 e. The molecule has 0 aliphatic rings. The summed E-state index contributed by atoms with van der Waals surface area (Å²) in [7, 11) is 0. The normalized spacial score (nSPS) is 13.2. The number of aliphatic hydroxyl groups is 1. The summed E-state index contributed by atoms with van der Waals surface area (Å²) in [6, 6.07) is 0. The number of aliphatic hydroxyl groups excluding tert-OH is 1. The molecule has 3 heteroatoms. The maximum absolute atomic E-state index is 8.62. The third kappa shape index (κ3) is 13.8. The zero-order chi connectivity index (χ0) is 12.9. The molecule has 1 atom stereocenters. The third-order valence-corrected chi connectivity index (χ3v) is 3.05. The van der Waals surface area contributed by atoms with Gasteiger partial charge in [-0.1, -0.05) is 20.8 Å². The Balaban J connectivity index is 3.13. The van der Waals surface area contributed by atoms with E-state index in [1.807, 2.05) is 0 Å². The third-order valence-electron chi connectivity index (χ3n) is 3.05. The Morgan fingerprint density at radius 2 is 1.47 bits per heavy atom. The van der Waals surface area contributed by atoms with Crippen LogP contribution in [0.5, 0.6) is 0 Å². The van der Waals surface area contributed by atoms with E-state index in [1.54, 1.807) is 0 Å². The van der Waals surface area contributed by atoms with Crippen LogP contribution in [0.2, 0.25) is 0 Å². The minimum absolute atomic E-state index is 0.244. The molecule has 0 fully saturated rings. The predicted molar refractivity (Wildman–Crippen MR) is 75.3 cm³/mol. The highest BCUT2D eigenvalue weighted by atomic mass is 16.3. The molecule has 0 amide bonds. The first-order valence-corrected chi connectivity index (χ1v) is 7.19. The number of nitrogens with one attached hydrogen (secondary N) is 2. The van der Waals surface area contributed by atoms with Gasteiger partial charge in [-0.2, -0.15) is 0 Å². The van der Waals surface area contributed by atoms with Gasteiger partial charge < -0.3 is 15.7 Å². The van der Waals surface area contributed by atoms with Crippen LogP contribution in [0, 0.1) is 11.8 Å². The van der Waals surface area contributed by atoms with E-state index in [0.29, 0.717) is 0 Å². The molecule has 17 heavy (non-hydrogen) atoms. The lowest BCUT2D eigenvalue weighted by atomic mass is 10.0. The Hall–Kier alpha value is -0.120. The summed E-state index contributed by atoms with van der Waals surface area (Å²) < 4.78 is 0. The second-order valence-electron chi connectivity index (χ2n) is 5.44. The summed E-state index contributed by atoms with van der Waals surface area (Å²) >= 11 is 0. The van der Waals surface area contributed by atoms with Gasteiger partial charge in [0.25, 0.3) is 0 Å². The van der Waals surface area contributed by atoms with Gasteiger partial charge in [-0.15, -0.1) is 0 Å². The highest BCUT2D eigenvalue weighted by molar-refractivity contribution is 4.58. The van der Waals surface area contributed by atoms with Crippen molar-refractivity contribution < 1.29 is 5.11 Å². The van der Waals surface area contributed by atoms with Crippen LogP contribution in [-0.4, -0.2) is 37.9 Å². The SMILES string of the molecule is CC(C)CCNCCCC(C)CCNCCO. The molecule has 0 rings (SSSR count). The lowest BCUT2D eigenvalue weighted by Gasteiger charge is -2.12. The highest BCUT2D eigenvalue weighted by Gasteiger charge is 2.01. The van der Waals surface area contributed by atoms with E-state index in [9.17, 15) is 0 Å². The summed E-state index contributed by atoms with van der Waals surface area (Å²) in [5.74, 6) is 1.59. The lowest BCUT2D eigenvalue weighted by Crippen LogP contribution is -2.22. The minimum atomic E-state index is 0.244. The zero-order valence-electron chi connectivity index (χ0n) is 12.0. The van der Waals surface area contributed by atoms with Crippen molar-refractivity contribution in [2.24, 2.45) is 11.8 Å². The molecule has 0 aliphatic carbocycles. The summed E-state index contributed by atoms with van der Waals surface area (Å²) in [5, 5.41) is 15.3. The molecule has 0 aromatic rings. The van der Waals surface area contributed by atoms with Gasteiger partial charge in [0.15, 0.2) is 0 Å². The molecule has 0 aromatic heterocycles. The zero-order valence-corrected chi connectivity index (χ0v) is 12.0. The fraction of sp³-hybridized carbons (Fsp3) is 1.00. The van der Waals surface area contributed by atoms with Gasteiger partial charge in [0.2, 0.25) is 0 Å². The minimum Gasteiger partial charge on any atom is -0.395 e. The van der Waals surface area contributed by atoms with Crippen LogP contribution in [0.1, 0.15) is 46.5 Å². The first-order chi connectivity index (χ1) is 8.16. The molecule has 104 valence electrons. The molecule has 0 heterocycles. The Bertz CT molecular complexity index is 151. The molecule has 3 nitrogen and oxygen atoms in total. The average molecular weight is 244 g/mol. The topological polar surface area (TPSA) is 44.3 Å². The summed E-state index contributed by atoms with van der Waals surface area (Å²) in [6.45, 7) is 11.2. The second kappa shape index (κ2) is 12.3. The quantitative estimate of drug-likeness (QED) is 0.460. The smallest absolute Gasteiger partial charge is 0.0555 e. The fourth-order valence-corrected chi connectivity index (χ4v) is 1.79. The molecule has 0 saturated carbocycles. The maximum atomic E-state index is 8.62. The average Bonchev–Trinajstić information content (AvgIpc) is 2.29. The molecule has 1 unspecified atom stereocenters. The van der Waals surface area contributed by atoms with Crippen molar-refractivity contribution in [2.75, 3.05) is 32.8 Å². The number of hydrogen-bond donors (Lipinski definition) is 3. The van der Waals surface area contributed by atoms with Crippen LogP contribution >= 0.6 is 0 Å². The van der Waals surface area contributed by atoms with Gasteiger partial charge in [-0.05, 0) is 57.2 Å². The Labute approximate surface area is 107 Å². The fourth-order valence-electron chi connectivity index (χ4n) is 1.79. The van der Waals surface area contributed by atoms with Gasteiger partial charge in [0, 0.05) is 6.54 Å². The van der Waals surface area contributed by atoms with Gasteiger partial charge in [0.1, 0.15) is 0 Å². The van der Waals surface area contributed by atoms with Crippen LogP contribution < -0.4 is 10.6 Å². The summed E-state index contributed by atoms with van der Waals surface area (Å²) in [6.07, 6.45) is 5.07. The first-order valence-electron chi connectivity index (χ1n) is 7.19. The van der Waals surface area contributed by atoms with Crippen LogP contribution in [0.15, 0.2) is 0 Å². The van der Waals surface area contributed by atoms with Crippen molar-refractivity contribution in [2.45, 2.75) is 46.5 Å². The van der Waals surface area contributed by atoms with Crippen LogP contribution in [0.4, 0.5) is 0 Å². The predicted octanol–water partition coefficient (Wildman–Crippen LogP) is 2.01. The van der Waals surface area contributed by atoms with Crippen LogP contribution in [-0.2, 0) is 0 Å². The van der Waals surface area contributed by atoms with Gasteiger partial charge in [-0.3, -0.25) is 0 Å². The molecular formula is C14H32N2O. The van der Waals surface area contributed by atoms with E-state index < -0.39 is 0 Å². The van der Waals surface area contributed by atoms with E-state index in [1.165, 1.54) is 25.7 Å². The van der Waals surface area contributed by atoms with Crippen molar-refractivity contribution in [3.63, 3.8) is 0 Å². The maximum Gasteiger partial charge on any atom is 0.0555 e. The molecule has 0 spiro atoms. The summed E-state index contributed by atoms with van der Waals surface area (Å²) in [5.41, 5.74) is 0. The van der Waals surface area contributed by atoms with Crippen LogP contribution in [0.25, 0.3) is 0 Å². The second-order valence-corrected chi connectivity index (χ2v) is 5.44. The number of rotatable bonds is 12. The Kier molecular flexibility index (Phi) is 12.3. The molecule has 0 bridgehead atoms. The van der Waals surface area contributed by atoms with Crippen molar-refractivity contribution in [3.05, 3.63) is 0 Å². The van der Waals surface area contributed by atoms with Crippen molar-refractivity contribution in [1.82, 2.24) is 10.6 Å². The number of hydrogen-bond acceptors (Lipinski definition) is 3. The van der Waals surface area contributed by atoms with E-state index in [4.69, 9.17) is 5.11 Å². The van der Waals surface area contributed by atoms with E-state index in [0.717, 1.165) is 38.0 Å². The molecule has 0 aliphatic heterocycles. The van der Waals surface area contributed by atoms with Gasteiger partial charge in [0.05, 0.1) is 6.61 Å². The molecule has 0 aromatic carbocycles. The van der Waals surface area contributed by atoms with Gasteiger partial charge >= 0.3 is 0 Å². The lowest BCUT2D eigenvalue weighted by molar-refractivity contribution is 0.290. The standard InChI is InChI=1S/C14H32N2O/c1-13(2)6-9-15-8-4-5-14(3)7-10-16-11-12-17/h13-17H,4-12H2,1-3H3. The molecule has 0 radical (unpaired) electrons.